The van der Waals surface area contributed by atoms with E-state index in [2.05, 4.69) is 17.1 Å². The fourth-order valence-corrected chi connectivity index (χ4v) is 3.60. The van der Waals surface area contributed by atoms with Gasteiger partial charge in [0.15, 0.2) is 0 Å². The van der Waals surface area contributed by atoms with Gasteiger partial charge in [0, 0.05) is 18.6 Å². The van der Waals surface area contributed by atoms with Crippen LogP contribution in [-0.4, -0.2) is 42.0 Å². The third kappa shape index (κ3) is 3.69. The summed E-state index contributed by atoms with van der Waals surface area (Å²) in [6.45, 7) is 5.95. The van der Waals surface area contributed by atoms with Gasteiger partial charge >= 0.3 is 0 Å². The summed E-state index contributed by atoms with van der Waals surface area (Å²) in [6, 6.07) is 0.862. The summed E-state index contributed by atoms with van der Waals surface area (Å²) in [5, 5.41) is 3.24. The van der Waals surface area contributed by atoms with Crippen LogP contribution >= 0.6 is 0 Å². The third-order valence-electron chi connectivity index (χ3n) is 4.87. The predicted molar refractivity (Wildman–Crippen MR) is 77.8 cm³/mol. The average Bonchev–Trinajstić information content (AvgIpc) is 2.80. The lowest BCUT2D eigenvalue weighted by molar-refractivity contribution is -0.127. The highest BCUT2D eigenvalue weighted by Gasteiger charge is 2.34. The van der Waals surface area contributed by atoms with E-state index in [-0.39, 0.29) is 11.9 Å². The molecule has 1 aliphatic heterocycles. The Kier molecular flexibility index (Phi) is 5.22. The number of carbonyl (C=O) groups excluding carboxylic acids is 1. The molecule has 2 rings (SSSR count). The van der Waals surface area contributed by atoms with E-state index in [0.29, 0.717) is 18.0 Å². The third-order valence-corrected chi connectivity index (χ3v) is 4.87. The first-order valence-electron chi connectivity index (χ1n) is 7.88. The molecule has 0 bridgehead atoms. The molecule has 2 aliphatic rings. The molecule has 3 atom stereocenters. The molecule has 0 aromatic carbocycles. The second-order valence-electron chi connectivity index (χ2n) is 6.40. The van der Waals surface area contributed by atoms with Crippen LogP contribution in [-0.2, 0) is 4.79 Å². The number of nitrogens with two attached hydrogens (primary N) is 1. The molecule has 4 heteroatoms. The highest BCUT2D eigenvalue weighted by Crippen LogP contribution is 2.25. The van der Waals surface area contributed by atoms with Crippen molar-refractivity contribution in [3.8, 4) is 0 Å². The van der Waals surface area contributed by atoms with E-state index < -0.39 is 0 Å². The van der Waals surface area contributed by atoms with Crippen molar-refractivity contribution in [1.29, 1.82) is 0 Å². The number of hydrogen-bond acceptors (Lipinski definition) is 3. The summed E-state index contributed by atoms with van der Waals surface area (Å²) >= 11 is 0. The van der Waals surface area contributed by atoms with Crippen molar-refractivity contribution in [2.45, 2.75) is 70.5 Å². The molecule has 2 fully saturated rings. The van der Waals surface area contributed by atoms with Gasteiger partial charge in [-0.05, 0) is 45.6 Å². The molecule has 0 spiro atoms. The van der Waals surface area contributed by atoms with E-state index in [9.17, 15) is 4.79 Å². The van der Waals surface area contributed by atoms with E-state index >= 15 is 0 Å². The van der Waals surface area contributed by atoms with Crippen LogP contribution in [0.5, 0.6) is 0 Å². The molecule has 1 aliphatic carbocycles. The monoisotopic (exact) mass is 267 g/mol. The summed E-state index contributed by atoms with van der Waals surface area (Å²) in [6.07, 6.45) is 7.27. The maximum atomic E-state index is 12.4. The van der Waals surface area contributed by atoms with Crippen LogP contribution in [0, 0.1) is 5.92 Å². The SMILES string of the molecule is CC1CC(CN)CN1C(C)C(=O)NC1CCCCC1. The highest BCUT2D eigenvalue weighted by molar-refractivity contribution is 5.81. The summed E-state index contributed by atoms with van der Waals surface area (Å²) in [5.41, 5.74) is 5.76. The molecule has 110 valence electrons. The minimum absolute atomic E-state index is 0.0199. The Bertz CT molecular complexity index is 302. The molecule has 4 nitrogen and oxygen atoms in total. The Balaban J connectivity index is 1.84. The highest BCUT2D eigenvalue weighted by atomic mass is 16.2. The zero-order valence-corrected chi connectivity index (χ0v) is 12.4. The molecule has 1 heterocycles. The van der Waals surface area contributed by atoms with Gasteiger partial charge in [-0.25, -0.2) is 0 Å². The minimum atomic E-state index is -0.0199. The molecule has 3 N–H and O–H groups in total. The first kappa shape index (κ1) is 14.8. The summed E-state index contributed by atoms with van der Waals surface area (Å²) in [5.74, 6) is 0.761. The van der Waals surface area contributed by atoms with Gasteiger partial charge in [0.2, 0.25) is 5.91 Å². The van der Waals surface area contributed by atoms with E-state index in [1.165, 1.54) is 19.3 Å². The van der Waals surface area contributed by atoms with E-state index in [1.54, 1.807) is 0 Å². The average molecular weight is 267 g/mol. The van der Waals surface area contributed by atoms with Crippen molar-refractivity contribution in [2.75, 3.05) is 13.1 Å². The predicted octanol–water partition coefficient (Wildman–Crippen LogP) is 1.49. The normalized spacial score (nSPS) is 31.3. The number of nitrogens with zero attached hydrogens (tertiary/aromatic N) is 1. The molecular formula is C15H29N3O. The van der Waals surface area contributed by atoms with Gasteiger partial charge < -0.3 is 11.1 Å². The standard InChI is InChI=1S/C15H29N3O/c1-11-8-13(9-16)10-18(11)12(2)15(19)17-14-6-4-3-5-7-14/h11-14H,3-10,16H2,1-2H3,(H,17,19). The number of amides is 1. The van der Waals surface area contributed by atoms with Crippen molar-refractivity contribution in [3.05, 3.63) is 0 Å². The number of nitrogens with one attached hydrogen (secondary N) is 1. The van der Waals surface area contributed by atoms with Crippen LogP contribution in [0.3, 0.4) is 0 Å². The molecular weight excluding hydrogens is 238 g/mol. The Morgan fingerprint density at radius 1 is 1.37 bits per heavy atom. The maximum absolute atomic E-state index is 12.4. The second-order valence-corrected chi connectivity index (χ2v) is 6.40. The Morgan fingerprint density at radius 2 is 2.05 bits per heavy atom. The Labute approximate surface area is 117 Å². The number of carbonyl (C=O) groups is 1. The molecule has 0 aromatic rings. The second kappa shape index (κ2) is 6.71. The number of hydrogen-bond donors (Lipinski definition) is 2. The van der Waals surface area contributed by atoms with Crippen LogP contribution < -0.4 is 11.1 Å². The summed E-state index contributed by atoms with van der Waals surface area (Å²) in [7, 11) is 0. The molecule has 0 aromatic heterocycles. The van der Waals surface area contributed by atoms with Crippen LogP contribution in [0.15, 0.2) is 0 Å². The smallest absolute Gasteiger partial charge is 0.237 e. The fourth-order valence-electron chi connectivity index (χ4n) is 3.60. The van der Waals surface area contributed by atoms with Crippen molar-refractivity contribution >= 4 is 5.91 Å². The van der Waals surface area contributed by atoms with Gasteiger partial charge in [0.25, 0.3) is 0 Å². The molecule has 1 amide bonds. The zero-order valence-electron chi connectivity index (χ0n) is 12.4. The molecule has 19 heavy (non-hydrogen) atoms. The Morgan fingerprint density at radius 3 is 2.63 bits per heavy atom. The minimum Gasteiger partial charge on any atom is -0.352 e. The number of rotatable bonds is 4. The lowest BCUT2D eigenvalue weighted by Crippen LogP contribution is -2.49. The van der Waals surface area contributed by atoms with Crippen LogP contribution in [0.25, 0.3) is 0 Å². The van der Waals surface area contributed by atoms with Gasteiger partial charge in [-0.15, -0.1) is 0 Å². The first-order chi connectivity index (χ1) is 9.11. The molecule has 1 saturated heterocycles. The van der Waals surface area contributed by atoms with Gasteiger partial charge in [0.1, 0.15) is 0 Å². The topological polar surface area (TPSA) is 58.4 Å². The van der Waals surface area contributed by atoms with Crippen molar-refractivity contribution in [1.82, 2.24) is 10.2 Å². The number of likely N-dealkylation sites (tertiary alicyclic amines) is 1. The Hall–Kier alpha value is -0.610. The lowest BCUT2D eigenvalue weighted by Gasteiger charge is -2.30. The molecule has 0 radical (unpaired) electrons. The van der Waals surface area contributed by atoms with Crippen LogP contribution in [0.1, 0.15) is 52.4 Å². The summed E-state index contributed by atoms with van der Waals surface area (Å²) < 4.78 is 0. The first-order valence-corrected chi connectivity index (χ1v) is 7.88. The van der Waals surface area contributed by atoms with Crippen molar-refractivity contribution in [3.63, 3.8) is 0 Å². The van der Waals surface area contributed by atoms with Crippen LogP contribution in [0.4, 0.5) is 0 Å². The van der Waals surface area contributed by atoms with Crippen LogP contribution in [0.2, 0.25) is 0 Å². The van der Waals surface area contributed by atoms with Gasteiger partial charge in [0.05, 0.1) is 6.04 Å². The fraction of sp³-hybridized carbons (Fsp3) is 0.933. The van der Waals surface area contributed by atoms with Gasteiger partial charge in [-0.3, -0.25) is 9.69 Å². The largest absolute Gasteiger partial charge is 0.352 e. The van der Waals surface area contributed by atoms with Crippen molar-refractivity contribution in [2.24, 2.45) is 11.7 Å². The van der Waals surface area contributed by atoms with Gasteiger partial charge in [-0.2, -0.15) is 0 Å². The van der Waals surface area contributed by atoms with Crippen molar-refractivity contribution < 1.29 is 4.79 Å². The van der Waals surface area contributed by atoms with Gasteiger partial charge in [-0.1, -0.05) is 19.3 Å². The van der Waals surface area contributed by atoms with E-state index in [4.69, 9.17) is 5.73 Å². The molecule has 3 unspecified atom stereocenters. The quantitative estimate of drug-likeness (QED) is 0.811. The van der Waals surface area contributed by atoms with E-state index in [0.717, 1.165) is 32.4 Å². The zero-order chi connectivity index (χ0) is 13.8. The summed E-state index contributed by atoms with van der Waals surface area (Å²) in [4.78, 5) is 14.7. The maximum Gasteiger partial charge on any atom is 0.237 e. The van der Waals surface area contributed by atoms with E-state index in [1.807, 2.05) is 6.92 Å². The molecule has 1 saturated carbocycles. The lowest BCUT2D eigenvalue weighted by atomic mass is 9.95.